The van der Waals surface area contributed by atoms with Gasteiger partial charge < -0.3 is 14.1 Å². The summed E-state index contributed by atoms with van der Waals surface area (Å²) in [6.45, 7) is 2.26. The average molecular weight is 427 g/mol. The Morgan fingerprint density at radius 3 is 2.90 bits per heavy atom. The minimum Gasteiger partial charge on any atom is -0.495 e. The Kier molecular flexibility index (Phi) is 4.48. The van der Waals surface area contributed by atoms with E-state index in [1.807, 2.05) is 18.2 Å². The molecule has 0 spiro atoms. The second kappa shape index (κ2) is 7.04. The normalized spacial score (nSPS) is 16.2. The maximum atomic E-state index is 12.8. The van der Waals surface area contributed by atoms with Crippen LogP contribution in [0.25, 0.3) is 33.1 Å². The molecule has 0 bridgehead atoms. The summed E-state index contributed by atoms with van der Waals surface area (Å²) in [5.41, 5.74) is 1.91. The Bertz CT molecular complexity index is 1290. The van der Waals surface area contributed by atoms with E-state index in [4.69, 9.17) is 25.7 Å². The first-order chi connectivity index (χ1) is 14.0. The lowest BCUT2D eigenvalue weighted by atomic mass is 9.89. The van der Waals surface area contributed by atoms with E-state index in [1.165, 1.54) is 10.4 Å². The third kappa shape index (κ3) is 3.16. The van der Waals surface area contributed by atoms with Gasteiger partial charge in [-0.15, -0.1) is 11.3 Å². The molecular weight excluding hydrogens is 408 g/mol. The number of methoxy groups -OCH3 is 1. The number of aryl methyl sites for hydroxylation is 1. The van der Waals surface area contributed by atoms with Crippen LogP contribution in [-0.2, 0) is 12.8 Å². The first kappa shape index (κ1) is 18.5. The van der Waals surface area contributed by atoms with E-state index < -0.39 is 0 Å². The maximum absolute atomic E-state index is 12.8. The minimum atomic E-state index is -0.0949. The van der Waals surface area contributed by atoms with Gasteiger partial charge in [0.15, 0.2) is 11.6 Å². The number of hydrogen-bond donors (Lipinski definition) is 1. The van der Waals surface area contributed by atoms with Gasteiger partial charge in [0.25, 0.3) is 5.56 Å². The standard InChI is InChI=1S/C22H19ClN2O3S/c1-11-3-5-13-18(9-11)29-22-19(13)21(26)24-20(25-22)17-8-7-15(28-17)12-4-6-16(27-2)14(23)10-12/h4,6-8,10-11H,3,5,9H2,1-2H3,(H,24,25,26). The van der Waals surface area contributed by atoms with Gasteiger partial charge in [-0.25, -0.2) is 4.98 Å². The number of hydrogen-bond acceptors (Lipinski definition) is 5. The first-order valence-electron chi connectivity index (χ1n) is 9.52. The molecule has 1 aliphatic rings. The highest BCUT2D eigenvalue weighted by Crippen LogP contribution is 2.37. The average Bonchev–Trinajstić information content (AvgIpc) is 3.32. The summed E-state index contributed by atoms with van der Waals surface area (Å²) in [5, 5.41) is 1.25. The molecule has 7 heteroatoms. The summed E-state index contributed by atoms with van der Waals surface area (Å²) < 4.78 is 11.2. The molecule has 1 N–H and O–H groups in total. The Labute approximate surface area is 176 Å². The van der Waals surface area contributed by atoms with Crippen molar-refractivity contribution in [3.63, 3.8) is 0 Å². The molecule has 1 aromatic carbocycles. The van der Waals surface area contributed by atoms with E-state index in [-0.39, 0.29) is 5.56 Å². The van der Waals surface area contributed by atoms with Gasteiger partial charge in [0.1, 0.15) is 16.3 Å². The van der Waals surface area contributed by atoms with Crippen molar-refractivity contribution in [2.45, 2.75) is 26.2 Å². The Morgan fingerprint density at radius 2 is 2.10 bits per heavy atom. The van der Waals surface area contributed by atoms with E-state index in [1.54, 1.807) is 30.6 Å². The van der Waals surface area contributed by atoms with E-state index in [2.05, 4.69) is 11.9 Å². The van der Waals surface area contributed by atoms with E-state index in [9.17, 15) is 4.79 Å². The monoisotopic (exact) mass is 426 g/mol. The third-order valence-electron chi connectivity index (χ3n) is 5.44. The van der Waals surface area contributed by atoms with Gasteiger partial charge in [0, 0.05) is 10.4 Å². The van der Waals surface area contributed by atoms with Crippen LogP contribution in [0, 0.1) is 5.92 Å². The first-order valence-corrected chi connectivity index (χ1v) is 10.7. The number of halogens is 1. The van der Waals surface area contributed by atoms with Crippen molar-refractivity contribution in [2.75, 3.05) is 7.11 Å². The number of rotatable bonds is 3. The van der Waals surface area contributed by atoms with E-state index in [0.29, 0.717) is 34.0 Å². The molecule has 1 atom stereocenters. The number of furan rings is 1. The van der Waals surface area contributed by atoms with Crippen molar-refractivity contribution in [1.82, 2.24) is 9.97 Å². The van der Waals surface area contributed by atoms with Gasteiger partial charge in [-0.1, -0.05) is 18.5 Å². The number of nitrogens with one attached hydrogen (secondary N) is 1. The lowest BCUT2D eigenvalue weighted by Crippen LogP contribution is -2.13. The zero-order chi connectivity index (χ0) is 20.1. The molecule has 5 rings (SSSR count). The predicted octanol–water partition coefficient (Wildman–Crippen LogP) is 5.70. The molecule has 3 heterocycles. The second-order valence-corrected chi connectivity index (χ2v) is 8.95. The summed E-state index contributed by atoms with van der Waals surface area (Å²) in [4.78, 5) is 22.5. The van der Waals surface area contributed by atoms with Crippen LogP contribution in [0.4, 0.5) is 0 Å². The van der Waals surface area contributed by atoms with Crippen LogP contribution >= 0.6 is 22.9 Å². The number of aromatic amines is 1. The zero-order valence-electron chi connectivity index (χ0n) is 16.0. The van der Waals surface area contributed by atoms with Crippen LogP contribution in [-0.4, -0.2) is 17.1 Å². The zero-order valence-corrected chi connectivity index (χ0v) is 17.6. The van der Waals surface area contributed by atoms with Gasteiger partial charge in [-0.3, -0.25) is 4.79 Å². The van der Waals surface area contributed by atoms with Crippen molar-refractivity contribution in [3.8, 4) is 28.7 Å². The number of fused-ring (bicyclic) bond motifs is 3. The van der Waals surface area contributed by atoms with Gasteiger partial charge >= 0.3 is 0 Å². The lowest BCUT2D eigenvalue weighted by molar-refractivity contribution is 0.415. The SMILES string of the molecule is COc1ccc(-c2ccc(-c3nc4sc5c(c4c(=O)[nH]3)CCC(C)C5)o2)cc1Cl. The molecule has 0 aliphatic heterocycles. The van der Waals surface area contributed by atoms with Gasteiger partial charge in [-0.05, 0) is 61.1 Å². The molecule has 4 aromatic rings. The summed E-state index contributed by atoms with van der Waals surface area (Å²) in [7, 11) is 1.58. The summed E-state index contributed by atoms with van der Waals surface area (Å²) in [5.74, 6) is 2.87. The van der Waals surface area contributed by atoms with Crippen LogP contribution in [0.3, 0.4) is 0 Å². The Balaban J connectivity index is 1.55. The fourth-order valence-electron chi connectivity index (χ4n) is 3.91. The fourth-order valence-corrected chi connectivity index (χ4v) is 5.55. The minimum absolute atomic E-state index is 0.0949. The van der Waals surface area contributed by atoms with Crippen LogP contribution in [0.15, 0.2) is 39.5 Å². The number of ether oxygens (including phenoxy) is 1. The van der Waals surface area contributed by atoms with Crippen molar-refractivity contribution < 1.29 is 9.15 Å². The number of H-pyrrole nitrogens is 1. The van der Waals surface area contributed by atoms with Crippen LogP contribution < -0.4 is 10.3 Å². The number of nitrogens with zero attached hydrogens (tertiary/aromatic N) is 1. The molecule has 0 saturated heterocycles. The van der Waals surface area contributed by atoms with Gasteiger partial charge in [0.05, 0.1) is 17.5 Å². The van der Waals surface area contributed by atoms with E-state index >= 15 is 0 Å². The van der Waals surface area contributed by atoms with Gasteiger partial charge in [-0.2, -0.15) is 0 Å². The quantitative estimate of drug-likeness (QED) is 0.456. The predicted molar refractivity (Wildman–Crippen MR) is 116 cm³/mol. The van der Waals surface area contributed by atoms with Crippen LogP contribution in [0.5, 0.6) is 5.75 Å². The molecule has 1 aliphatic carbocycles. The highest BCUT2D eigenvalue weighted by molar-refractivity contribution is 7.18. The van der Waals surface area contributed by atoms with Crippen molar-refractivity contribution in [2.24, 2.45) is 5.92 Å². The number of aromatic nitrogens is 2. The maximum Gasteiger partial charge on any atom is 0.260 e. The fraction of sp³-hybridized carbons (Fsp3) is 0.273. The summed E-state index contributed by atoms with van der Waals surface area (Å²) in [6, 6.07) is 9.12. The molecule has 1 unspecified atom stereocenters. The number of thiophene rings is 1. The summed E-state index contributed by atoms with van der Waals surface area (Å²) in [6.07, 6.45) is 3.09. The molecule has 29 heavy (non-hydrogen) atoms. The molecular formula is C22H19ClN2O3S. The third-order valence-corrected chi connectivity index (χ3v) is 6.88. The highest BCUT2D eigenvalue weighted by atomic mass is 35.5. The molecule has 148 valence electrons. The van der Waals surface area contributed by atoms with E-state index in [0.717, 1.165) is 35.0 Å². The lowest BCUT2D eigenvalue weighted by Gasteiger charge is -2.17. The second-order valence-electron chi connectivity index (χ2n) is 7.46. The smallest absolute Gasteiger partial charge is 0.260 e. The Hall–Kier alpha value is -2.57. The molecule has 3 aromatic heterocycles. The molecule has 0 radical (unpaired) electrons. The summed E-state index contributed by atoms with van der Waals surface area (Å²) >= 11 is 7.86. The molecule has 0 fully saturated rings. The molecule has 5 nitrogen and oxygen atoms in total. The van der Waals surface area contributed by atoms with Gasteiger partial charge in [0.2, 0.25) is 0 Å². The van der Waals surface area contributed by atoms with Crippen molar-refractivity contribution in [3.05, 3.63) is 56.1 Å². The van der Waals surface area contributed by atoms with Crippen LogP contribution in [0.1, 0.15) is 23.8 Å². The largest absolute Gasteiger partial charge is 0.495 e. The highest BCUT2D eigenvalue weighted by Gasteiger charge is 2.23. The topological polar surface area (TPSA) is 68.1 Å². The number of benzene rings is 1. The van der Waals surface area contributed by atoms with Crippen LogP contribution in [0.2, 0.25) is 5.02 Å². The van der Waals surface area contributed by atoms with Crippen molar-refractivity contribution >= 4 is 33.2 Å². The van der Waals surface area contributed by atoms with Crippen molar-refractivity contribution in [1.29, 1.82) is 0 Å². The Morgan fingerprint density at radius 1 is 1.28 bits per heavy atom. The molecule has 0 amide bonds. The molecule has 0 saturated carbocycles.